The molecule has 0 bridgehead atoms. The number of ether oxygens (including phenoxy) is 1. The Morgan fingerprint density at radius 2 is 1.90 bits per heavy atom. The fourth-order valence-corrected chi connectivity index (χ4v) is 4.00. The lowest BCUT2D eigenvalue weighted by Gasteiger charge is -2.14. The van der Waals surface area contributed by atoms with E-state index in [1.807, 2.05) is 13.0 Å². The van der Waals surface area contributed by atoms with Crippen LogP contribution < -0.4 is 4.74 Å². The fourth-order valence-electron chi connectivity index (χ4n) is 3.11. The number of alkyl halides is 3. The number of rotatable bonds is 8. The van der Waals surface area contributed by atoms with Gasteiger partial charge in [0.25, 0.3) is 0 Å². The zero-order valence-electron chi connectivity index (χ0n) is 16.5. The summed E-state index contributed by atoms with van der Waals surface area (Å²) in [7, 11) is 0. The lowest BCUT2D eigenvalue weighted by atomic mass is 10.0. The number of carbonyl (C=O) groups is 1. The molecule has 0 saturated carbocycles. The molecule has 0 spiro atoms. The summed E-state index contributed by atoms with van der Waals surface area (Å²) in [6.45, 7) is 1.60. The third kappa shape index (κ3) is 5.77. The SMILES string of the molecule is CCc1cc(CCC(=O)O)ccc1OCc1c(-c2ccc(Cl)cc2)nsc1C(F)(F)F. The average molecular weight is 470 g/mol. The molecule has 0 unspecified atom stereocenters. The van der Waals surface area contributed by atoms with Gasteiger partial charge in [-0.1, -0.05) is 42.8 Å². The van der Waals surface area contributed by atoms with Gasteiger partial charge in [0.15, 0.2) is 0 Å². The Morgan fingerprint density at radius 3 is 2.52 bits per heavy atom. The molecule has 9 heteroatoms. The van der Waals surface area contributed by atoms with E-state index in [1.165, 1.54) is 0 Å². The molecule has 1 heterocycles. The quantitative estimate of drug-likeness (QED) is 0.401. The van der Waals surface area contributed by atoms with E-state index in [9.17, 15) is 18.0 Å². The van der Waals surface area contributed by atoms with Gasteiger partial charge < -0.3 is 9.84 Å². The summed E-state index contributed by atoms with van der Waals surface area (Å²) >= 11 is 6.28. The van der Waals surface area contributed by atoms with Crippen molar-refractivity contribution in [2.45, 2.75) is 39.0 Å². The standard InChI is InChI=1S/C22H19ClF3NO3S/c1-2-14-11-13(4-10-19(28)29)3-9-18(14)30-12-17-20(15-5-7-16(23)8-6-15)27-31-21(17)22(24,25)26/h3,5-9,11H,2,4,10,12H2,1H3,(H,28,29). The minimum absolute atomic E-state index is 0.00330. The molecule has 3 aromatic rings. The van der Waals surface area contributed by atoms with Gasteiger partial charge in [-0.05, 0) is 53.7 Å². The maximum atomic E-state index is 13.6. The third-order valence-corrected chi connectivity index (χ3v) is 5.85. The lowest BCUT2D eigenvalue weighted by molar-refractivity contribution is -0.137. The van der Waals surface area contributed by atoms with E-state index in [0.29, 0.717) is 40.7 Å². The lowest BCUT2D eigenvalue weighted by Crippen LogP contribution is -2.09. The van der Waals surface area contributed by atoms with Crippen LogP contribution in [-0.4, -0.2) is 15.4 Å². The molecule has 1 N–H and O–H groups in total. The zero-order valence-corrected chi connectivity index (χ0v) is 18.1. The smallest absolute Gasteiger partial charge is 0.427 e. The van der Waals surface area contributed by atoms with Gasteiger partial charge in [0.2, 0.25) is 0 Å². The van der Waals surface area contributed by atoms with Crippen molar-refractivity contribution in [2.75, 3.05) is 0 Å². The third-order valence-electron chi connectivity index (χ3n) is 4.67. The Morgan fingerprint density at radius 1 is 1.19 bits per heavy atom. The summed E-state index contributed by atoms with van der Waals surface area (Å²) in [5.41, 5.74) is 2.34. The Kier molecular flexibility index (Phi) is 7.23. The van der Waals surface area contributed by atoms with Crippen LogP contribution in [0.2, 0.25) is 5.02 Å². The highest BCUT2D eigenvalue weighted by molar-refractivity contribution is 7.06. The number of benzene rings is 2. The van der Waals surface area contributed by atoms with E-state index >= 15 is 0 Å². The van der Waals surface area contributed by atoms with Crippen molar-refractivity contribution in [3.05, 3.63) is 69.1 Å². The van der Waals surface area contributed by atoms with Crippen molar-refractivity contribution in [2.24, 2.45) is 0 Å². The van der Waals surface area contributed by atoms with Gasteiger partial charge in [0.1, 0.15) is 17.2 Å². The molecule has 164 valence electrons. The van der Waals surface area contributed by atoms with Crippen LogP contribution in [0.3, 0.4) is 0 Å². The number of hydrogen-bond acceptors (Lipinski definition) is 4. The molecule has 0 aliphatic rings. The fraction of sp³-hybridized carbons (Fsp3) is 0.273. The number of carboxylic acids is 1. The summed E-state index contributed by atoms with van der Waals surface area (Å²) in [4.78, 5) is 9.98. The topological polar surface area (TPSA) is 59.4 Å². The summed E-state index contributed by atoms with van der Waals surface area (Å²) in [6, 6.07) is 11.7. The number of hydrogen-bond donors (Lipinski definition) is 1. The summed E-state index contributed by atoms with van der Waals surface area (Å²) in [5.74, 6) is -0.430. The van der Waals surface area contributed by atoms with E-state index in [2.05, 4.69) is 4.37 Å². The molecular weight excluding hydrogens is 451 g/mol. The largest absolute Gasteiger partial charge is 0.488 e. The van der Waals surface area contributed by atoms with Crippen LogP contribution in [-0.2, 0) is 30.4 Å². The number of carboxylic acid groups (broad SMARTS) is 1. The molecule has 4 nitrogen and oxygen atoms in total. The van der Waals surface area contributed by atoms with E-state index in [-0.39, 0.29) is 24.3 Å². The molecule has 0 radical (unpaired) electrons. The maximum absolute atomic E-state index is 13.6. The molecule has 3 rings (SSSR count). The second kappa shape index (κ2) is 9.70. The predicted molar refractivity (Wildman–Crippen MR) is 114 cm³/mol. The van der Waals surface area contributed by atoms with Crippen molar-refractivity contribution in [3.8, 4) is 17.0 Å². The van der Waals surface area contributed by atoms with Crippen molar-refractivity contribution in [3.63, 3.8) is 0 Å². The first-order valence-electron chi connectivity index (χ1n) is 9.47. The van der Waals surface area contributed by atoms with Crippen molar-refractivity contribution < 1.29 is 27.8 Å². The van der Waals surface area contributed by atoms with Gasteiger partial charge in [-0.2, -0.15) is 17.5 Å². The van der Waals surface area contributed by atoms with Gasteiger partial charge in [-0.3, -0.25) is 4.79 Å². The van der Waals surface area contributed by atoms with Gasteiger partial charge in [-0.25, -0.2) is 0 Å². The molecule has 2 aromatic carbocycles. The van der Waals surface area contributed by atoms with E-state index in [4.69, 9.17) is 21.4 Å². The van der Waals surface area contributed by atoms with E-state index in [1.54, 1.807) is 36.4 Å². The van der Waals surface area contributed by atoms with E-state index < -0.39 is 17.0 Å². The molecule has 0 aliphatic heterocycles. The number of nitrogens with zero attached hydrogens (tertiary/aromatic N) is 1. The molecule has 0 amide bonds. The van der Waals surface area contributed by atoms with Crippen molar-refractivity contribution in [1.29, 1.82) is 0 Å². The normalized spacial score (nSPS) is 11.5. The Hall–Kier alpha value is -2.58. The number of aromatic nitrogens is 1. The highest BCUT2D eigenvalue weighted by Gasteiger charge is 2.38. The van der Waals surface area contributed by atoms with Gasteiger partial charge in [-0.15, -0.1) is 0 Å². The molecule has 31 heavy (non-hydrogen) atoms. The van der Waals surface area contributed by atoms with Crippen molar-refractivity contribution >= 4 is 29.1 Å². The second-order valence-corrected chi connectivity index (χ2v) is 8.03. The summed E-state index contributed by atoms with van der Waals surface area (Å²) in [6.07, 6.45) is -3.58. The zero-order chi connectivity index (χ0) is 22.6. The van der Waals surface area contributed by atoms with Crippen LogP contribution in [0.1, 0.15) is 34.9 Å². The monoisotopic (exact) mass is 469 g/mol. The Labute approximate surface area is 186 Å². The highest BCUT2D eigenvalue weighted by atomic mass is 35.5. The molecule has 0 atom stereocenters. The van der Waals surface area contributed by atoms with Crippen LogP contribution in [0.15, 0.2) is 42.5 Å². The predicted octanol–water partition coefficient (Wildman–Crippen LogP) is 6.64. The highest BCUT2D eigenvalue weighted by Crippen LogP contribution is 2.40. The van der Waals surface area contributed by atoms with Crippen LogP contribution >= 0.6 is 23.1 Å². The molecule has 1 aromatic heterocycles. The Balaban J connectivity index is 1.89. The van der Waals surface area contributed by atoms with Crippen LogP contribution in [0.25, 0.3) is 11.3 Å². The van der Waals surface area contributed by atoms with Crippen LogP contribution in [0.5, 0.6) is 5.75 Å². The van der Waals surface area contributed by atoms with Gasteiger partial charge >= 0.3 is 12.1 Å². The second-order valence-electron chi connectivity index (χ2n) is 6.82. The van der Waals surface area contributed by atoms with Gasteiger partial charge in [0.05, 0.1) is 5.69 Å². The minimum atomic E-state index is -4.55. The molecule has 0 fully saturated rings. The minimum Gasteiger partial charge on any atom is -0.488 e. The summed E-state index contributed by atoms with van der Waals surface area (Å²) < 4.78 is 50.5. The summed E-state index contributed by atoms with van der Waals surface area (Å²) in [5, 5.41) is 9.32. The van der Waals surface area contributed by atoms with E-state index in [0.717, 1.165) is 11.1 Å². The Bertz CT molecular complexity index is 1060. The first kappa shape index (κ1) is 23.1. The van der Waals surface area contributed by atoms with Gasteiger partial charge in [0, 0.05) is 22.6 Å². The van der Waals surface area contributed by atoms with Crippen LogP contribution in [0.4, 0.5) is 13.2 Å². The number of aliphatic carboxylic acids is 1. The first-order chi connectivity index (χ1) is 14.7. The molecule has 0 aliphatic carbocycles. The molecule has 0 saturated heterocycles. The average Bonchev–Trinajstić information content (AvgIpc) is 3.16. The van der Waals surface area contributed by atoms with Crippen LogP contribution in [0, 0.1) is 0 Å². The first-order valence-corrected chi connectivity index (χ1v) is 10.6. The number of halogens is 4. The number of aryl methyl sites for hydroxylation is 2. The molecular formula is C22H19ClF3NO3S. The maximum Gasteiger partial charge on any atom is 0.427 e. The van der Waals surface area contributed by atoms with Crippen molar-refractivity contribution in [1.82, 2.24) is 4.37 Å².